The Morgan fingerprint density at radius 2 is 2.23 bits per heavy atom. The van der Waals surface area contributed by atoms with Crippen LogP contribution in [0.3, 0.4) is 0 Å². The number of thiazole rings is 1. The molecular formula is C9H8INOS. The van der Waals surface area contributed by atoms with Crippen LogP contribution in [0.5, 0.6) is 5.75 Å². The van der Waals surface area contributed by atoms with Crippen LogP contribution in [0, 0.1) is 9.94 Å². The van der Waals surface area contributed by atoms with Crippen LogP contribution < -0.4 is 4.74 Å². The molecular weight excluding hydrogens is 297 g/mol. The van der Waals surface area contributed by atoms with E-state index in [-0.39, 0.29) is 0 Å². The van der Waals surface area contributed by atoms with E-state index in [9.17, 15) is 0 Å². The summed E-state index contributed by atoms with van der Waals surface area (Å²) in [6.07, 6.45) is 0. The van der Waals surface area contributed by atoms with E-state index in [1.54, 1.807) is 18.4 Å². The summed E-state index contributed by atoms with van der Waals surface area (Å²) < 4.78 is 7.50. The lowest BCUT2D eigenvalue weighted by atomic mass is 10.2. The molecule has 2 rings (SSSR count). The highest BCUT2D eigenvalue weighted by molar-refractivity contribution is 14.1. The van der Waals surface area contributed by atoms with Gasteiger partial charge >= 0.3 is 0 Å². The normalized spacial score (nSPS) is 10.7. The Morgan fingerprint density at radius 1 is 1.46 bits per heavy atom. The van der Waals surface area contributed by atoms with Crippen molar-refractivity contribution >= 4 is 44.1 Å². The fourth-order valence-corrected chi connectivity index (χ4v) is 2.92. The molecule has 0 aliphatic carbocycles. The van der Waals surface area contributed by atoms with Crippen LogP contribution in [-0.2, 0) is 0 Å². The maximum Gasteiger partial charge on any atom is 0.155 e. The zero-order valence-corrected chi connectivity index (χ0v) is 10.3. The van der Waals surface area contributed by atoms with Gasteiger partial charge in [-0.3, -0.25) is 0 Å². The molecule has 0 amide bonds. The van der Waals surface area contributed by atoms with Gasteiger partial charge in [-0.05, 0) is 47.2 Å². The lowest BCUT2D eigenvalue weighted by molar-refractivity contribution is 0.412. The molecule has 0 spiro atoms. The van der Waals surface area contributed by atoms with Crippen molar-refractivity contribution in [3.05, 3.63) is 20.7 Å². The first-order valence-corrected chi connectivity index (χ1v) is 5.71. The average molecular weight is 305 g/mol. The third-order valence-corrected chi connectivity index (χ3v) is 3.59. The molecule has 1 heterocycles. The van der Waals surface area contributed by atoms with E-state index in [1.165, 1.54) is 4.70 Å². The second-order valence-corrected chi connectivity index (χ2v) is 5.54. The summed E-state index contributed by atoms with van der Waals surface area (Å²) in [4.78, 5) is 4.40. The van der Waals surface area contributed by atoms with Gasteiger partial charge in [0.05, 0.1) is 17.3 Å². The van der Waals surface area contributed by atoms with E-state index in [0.717, 1.165) is 19.8 Å². The van der Waals surface area contributed by atoms with Gasteiger partial charge in [0, 0.05) is 0 Å². The number of hydrogen-bond acceptors (Lipinski definition) is 3. The number of halogens is 1. The highest BCUT2D eigenvalue weighted by Gasteiger charge is 2.05. The summed E-state index contributed by atoms with van der Waals surface area (Å²) in [5.41, 5.74) is 2.20. The maximum absolute atomic E-state index is 5.24. The van der Waals surface area contributed by atoms with Crippen LogP contribution in [0.25, 0.3) is 10.2 Å². The van der Waals surface area contributed by atoms with E-state index in [1.807, 2.05) is 13.0 Å². The van der Waals surface area contributed by atoms with Crippen molar-refractivity contribution in [3.63, 3.8) is 0 Å². The van der Waals surface area contributed by atoms with Crippen LogP contribution in [0.1, 0.15) is 5.56 Å². The summed E-state index contributed by atoms with van der Waals surface area (Å²) in [5.74, 6) is 0.938. The van der Waals surface area contributed by atoms with Gasteiger partial charge in [0.25, 0.3) is 0 Å². The molecule has 0 aliphatic heterocycles. The highest BCUT2D eigenvalue weighted by atomic mass is 127. The second kappa shape index (κ2) is 3.42. The van der Waals surface area contributed by atoms with Crippen molar-refractivity contribution < 1.29 is 4.74 Å². The summed E-state index contributed by atoms with van der Waals surface area (Å²) in [6.45, 7) is 2.03. The zero-order valence-electron chi connectivity index (χ0n) is 7.30. The molecule has 1 aromatic carbocycles. The van der Waals surface area contributed by atoms with Gasteiger partial charge in [-0.2, -0.15) is 0 Å². The Bertz CT molecular complexity index is 452. The molecule has 0 saturated carbocycles. The van der Waals surface area contributed by atoms with Crippen molar-refractivity contribution in [1.82, 2.24) is 4.98 Å². The molecule has 0 aliphatic rings. The fourth-order valence-electron chi connectivity index (χ4n) is 1.25. The topological polar surface area (TPSA) is 22.1 Å². The molecule has 4 heteroatoms. The molecule has 2 nitrogen and oxygen atoms in total. The van der Waals surface area contributed by atoms with E-state index in [2.05, 4.69) is 33.6 Å². The number of methoxy groups -OCH3 is 1. The van der Waals surface area contributed by atoms with E-state index in [4.69, 9.17) is 4.74 Å². The standard InChI is InChI=1S/C9H8INOS/c1-5-3-6-8(4-7(5)12-2)13-9(10)11-6/h3-4H,1-2H3. The third kappa shape index (κ3) is 1.65. The number of aryl methyl sites for hydroxylation is 1. The van der Waals surface area contributed by atoms with Crippen LogP contribution in [0.2, 0.25) is 0 Å². The first-order chi connectivity index (χ1) is 6.20. The van der Waals surface area contributed by atoms with Gasteiger partial charge in [-0.15, -0.1) is 11.3 Å². The van der Waals surface area contributed by atoms with Crippen molar-refractivity contribution in [1.29, 1.82) is 0 Å². The number of hydrogen-bond donors (Lipinski definition) is 0. The number of benzene rings is 1. The van der Waals surface area contributed by atoms with Gasteiger partial charge in [0.1, 0.15) is 5.75 Å². The largest absolute Gasteiger partial charge is 0.496 e. The molecule has 1 aromatic heterocycles. The van der Waals surface area contributed by atoms with Gasteiger partial charge in [-0.25, -0.2) is 4.98 Å². The van der Waals surface area contributed by atoms with E-state index in [0.29, 0.717) is 0 Å². The molecule has 13 heavy (non-hydrogen) atoms. The Hall–Kier alpha value is -0.360. The monoisotopic (exact) mass is 305 g/mol. The van der Waals surface area contributed by atoms with Gasteiger partial charge in [0.15, 0.2) is 3.01 Å². The predicted octanol–water partition coefficient (Wildman–Crippen LogP) is 3.22. The molecule has 2 aromatic rings. The minimum atomic E-state index is 0.938. The lowest BCUT2D eigenvalue weighted by Gasteiger charge is -2.02. The van der Waals surface area contributed by atoms with E-state index >= 15 is 0 Å². The number of fused-ring (bicyclic) bond motifs is 1. The van der Waals surface area contributed by atoms with Crippen LogP contribution in [-0.4, -0.2) is 12.1 Å². The van der Waals surface area contributed by atoms with Crippen molar-refractivity contribution in [2.45, 2.75) is 6.92 Å². The summed E-state index contributed by atoms with van der Waals surface area (Å²) >= 11 is 3.92. The summed E-state index contributed by atoms with van der Waals surface area (Å²) in [5, 5.41) is 0. The van der Waals surface area contributed by atoms with Gasteiger partial charge < -0.3 is 4.74 Å². The number of rotatable bonds is 1. The minimum Gasteiger partial charge on any atom is -0.496 e. The maximum atomic E-state index is 5.24. The Morgan fingerprint density at radius 3 is 2.92 bits per heavy atom. The molecule has 0 bridgehead atoms. The number of aromatic nitrogens is 1. The predicted molar refractivity (Wildman–Crippen MR) is 63.6 cm³/mol. The molecule has 68 valence electrons. The van der Waals surface area contributed by atoms with Crippen molar-refractivity contribution in [2.75, 3.05) is 7.11 Å². The van der Waals surface area contributed by atoms with Gasteiger partial charge in [0.2, 0.25) is 0 Å². The Balaban J connectivity index is 2.72. The molecule has 0 unspecified atom stereocenters. The fraction of sp³-hybridized carbons (Fsp3) is 0.222. The second-order valence-electron chi connectivity index (χ2n) is 2.76. The quantitative estimate of drug-likeness (QED) is 0.755. The molecule has 0 fully saturated rings. The van der Waals surface area contributed by atoms with Crippen molar-refractivity contribution in [3.8, 4) is 5.75 Å². The SMILES string of the molecule is COc1cc2sc(I)nc2cc1C. The molecule has 0 N–H and O–H groups in total. The first-order valence-electron chi connectivity index (χ1n) is 3.81. The van der Waals surface area contributed by atoms with Crippen molar-refractivity contribution in [2.24, 2.45) is 0 Å². The smallest absolute Gasteiger partial charge is 0.155 e. The van der Waals surface area contributed by atoms with Crippen LogP contribution in [0.15, 0.2) is 12.1 Å². The minimum absolute atomic E-state index is 0.938. The Kier molecular flexibility index (Phi) is 2.42. The third-order valence-electron chi connectivity index (χ3n) is 1.88. The highest BCUT2D eigenvalue weighted by Crippen LogP contribution is 2.29. The molecule has 0 atom stereocenters. The summed E-state index contributed by atoms with van der Waals surface area (Å²) in [6, 6.07) is 4.11. The summed E-state index contributed by atoms with van der Waals surface area (Å²) in [7, 11) is 1.69. The Labute approximate surface area is 94.1 Å². The molecule has 0 radical (unpaired) electrons. The number of nitrogens with zero attached hydrogens (tertiary/aromatic N) is 1. The van der Waals surface area contributed by atoms with E-state index < -0.39 is 0 Å². The average Bonchev–Trinajstić information content (AvgIpc) is 2.42. The number of ether oxygens (including phenoxy) is 1. The first kappa shape index (κ1) is 9.21. The zero-order chi connectivity index (χ0) is 9.42. The molecule has 0 saturated heterocycles. The van der Waals surface area contributed by atoms with Gasteiger partial charge in [-0.1, -0.05) is 0 Å². The van der Waals surface area contributed by atoms with Crippen LogP contribution >= 0.6 is 33.9 Å². The lowest BCUT2D eigenvalue weighted by Crippen LogP contribution is -1.85. The van der Waals surface area contributed by atoms with Crippen LogP contribution in [0.4, 0.5) is 0 Å².